The van der Waals surface area contributed by atoms with Crippen LogP contribution in [0.2, 0.25) is 0 Å². The minimum Gasteiger partial charge on any atom is -0.314 e. The summed E-state index contributed by atoms with van der Waals surface area (Å²) in [4.78, 5) is 2.54. The van der Waals surface area contributed by atoms with Crippen LogP contribution in [-0.4, -0.2) is 56.5 Å². The third kappa shape index (κ3) is 3.93. The molecule has 0 aliphatic carbocycles. The maximum atomic E-state index is 11.5. The Balaban J connectivity index is 1.94. The highest BCUT2D eigenvalue weighted by atomic mass is 32.2. The Morgan fingerprint density at radius 3 is 2.44 bits per heavy atom. The second-order valence-electron chi connectivity index (χ2n) is 6.08. The Kier molecular flexibility index (Phi) is 4.67. The van der Waals surface area contributed by atoms with Crippen molar-refractivity contribution >= 4 is 9.84 Å². The highest BCUT2D eigenvalue weighted by Gasteiger charge is 2.29. The minimum absolute atomic E-state index is 0.385. The van der Waals surface area contributed by atoms with Crippen LogP contribution in [0.4, 0.5) is 0 Å². The maximum Gasteiger partial charge on any atom is 0.150 e. The van der Waals surface area contributed by atoms with E-state index in [0.717, 1.165) is 38.9 Å². The summed E-state index contributed by atoms with van der Waals surface area (Å²) in [6.07, 6.45) is 2.82. The van der Waals surface area contributed by atoms with Crippen LogP contribution >= 0.6 is 0 Å². The predicted octanol–water partition coefficient (Wildman–Crippen LogP) is 0.884. The average molecular weight is 274 g/mol. The van der Waals surface area contributed by atoms with Crippen molar-refractivity contribution in [1.82, 2.24) is 10.2 Å². The predicted molar refractivity (Wildman–Crippen MR) is 74.5 cm³/mol. The van der Waals surface area contributed by atoms with Crippen LogP contribution in [0.15, 0.2) is 0 Å². The standard InChI is InChI=1S/C13H26N2O2S/c1-11-9-14-12(2)3-6-15(10-11)13-4-7-18(16,17)8-5-13/h11-14H,3-10H2,1-2H3. The van der Waals surface area contributed by atoms with Crippen LogP contribution < -0.4 is 5.32 Å². The van der Waals surface area contributed by atoms with Crippen LogP contribution in [0.1, 0.15) is 33.1 Å². The van der Waals surface area contributed by atoms with Crippen molar-refractivity contribution in [2.45, 2.75) is 45.2 Å². The number of hydrogen-bond donors (Lipinski definition) is 1. The van der Waals surface area contributed by atoms with E-state index in [9.17, 15) is 8.42 Å². The highest BCUT2D eigenvalue weighted by molar-refractivity contribution is 7.91. The monoisotopic (exact) mass is 274 g/mol. The van der Waals surface area contributed by atoms with Crippen LogP contribution in [-0.2, 0) is 9.84 Å². The molecule has 4 nitrogen and oxygen atoms in total. The van der Waals surface area contributed by atoms with Gasteiger partial charge in [0.15, 0.2) is 0 Å². The number of hydrogen-bond acceptors (Lipinski definition) is 4. The summed E-state index contributed by atoms with van der Waals surface area (Å²) < 4.78 is 23.0. The number of nitrogens with zero attached hydrogens (tertiary/aromatic N) is 1. The van der Waals surface area contributed by atoms with Gasteiger partial charge in [-0.25, -0.2) is 8.42 Å². The zero-order valence-corrected chi connectivity index (χ0v) is 12.4. The molecule has 0 spiro atoms. The first-order valence-electron chi connectivity index (χ1n) is 7.14. The fraction of sp³-hybridized carbons (Fsp3) is 1.00. The zero-order chi connectivity index (χ0) is 13.2. The molecule has 1 N–H and O–H groups in total. The molecule has 2 heterocycles. The van der Waals surface area contributed by atoms with Crippen molar-refractivity contribution in [2.75, 3.05) is 31.1 Å². The molecule has 106 valence electrons. The summed E-state index contributed by atoms with van der Waals surface area (Å²) in [5.74, 6) is 1.42. The first kappa shape index (κ1) is 14.3. The average Bonchev–Trinajstić information content (AvgIpc) is 2.30. The largest absolute Gasteiger partial charge is 0.314 e. The normalized spacial score (nSPS) is 35.9. The molecule has 0 saturated carbocycles. The van der Waals surface area contributed by atoms with E-state index in [-0.39, 0.29) is 0 Å². The van der Waals surface area contributed by atoms with Gasteiger partial charge in [-0.05, 0) is 45.2 Å². The molecule has 2 atom stereocenters. The lowest BCUT2D eigenvalue weighted by atomic mass is 10.0. The minimum atomic E-state index is -2.73. The van der Waals surface area contributed by atoms with E-state index in [2.05, 4.69) is 24.1 Å². The molecular formula is C13H26N2O2S. The second-order valence-corrected chi connectivity index (χ2v) is 8.38. The van der Waals surface area contributed by atoms with Gasteiger partial charge in [-0.3, -0.25) is 4.90 Å². The third-order valence-electron chi connectivity index (χ3n) is 4.25. The second kappa shape index (κ2) is 5.88. The zero-order valence-electron chi connectivity index (χ0n) is 11.6. The Morgan fingerprint density at radius 1 is 1.11 bits per heavy atom. The van der Waals surface area contributed by atoms with Gasteiger partial charge in [-0.15, -0.1) is 0 Å². The van der Waals surface area contributed by atoms with Crippen LogP contribution in [0, 0.1) is 5.92 Å². The number of rotatable bonds is 1. The Labute approximate surface area is 111 Å². The summed E-state index contributed by atoms with van der Waals surface area (Å²) in [5, 5.41) is 3.55. The molecule has 0 aromatic heterocycles. The maximum absolute atomic E-state index is 11.5. The van der Waals surface area contributed by atoms with E-state index in [4.69, 9.17) is 0 Å². The van der Waals surface area contributed by atoms with Gasteiger partial charge in [0.05, 0.1) is 11.5 Å². The fourth-order valence-electron chi connectivity index (χ4n) is 2.99. The summed E-state index contributed by atoms with van der Waals surface area (Å²) in [7, 11) is -2.73. The smallest absolute Gasteiger partial charge is 0.150 e. The van der Waals surface area contributed by atoms with E-state index in [1.807, 2.05) is 0 Å². The van der Waals surface area contributed by atoms with Gasteiger partial charge in [0.25, 0.3) is 0 Å². The lowest BCUT2D eigenvalue weighted by Crippen LogP contribution is -2.48. The van der Waals surface area contributed by atoms with Crippen LogP contribution in [0.3, 0.4) is 0 Å². The third-order valence-corrected chi connectivity index (χ3v) is 5.97. The van der Waals surface area contributed by atoms with Gasteiger partial charge in [-0.1, -0.05) is 6.92 Å². The van der Waals surface area contributed by atoms with Gasteiger partial charge < -0.3 is 5.32 Å². The van der Waals surface area contributed by atoms with Crippen LogP contribution in [0.25, 0.3) is 0 Å². The molecule has 2 fully saturated rings. The highest BCUT2D eigenvalue weighted by Crippen LogP contribution is 2.20. The first-order chi connectivity index (χ1) is 8.46. The van der Waals surface area contributed by atoms with Gasteiger partial charge in [0, 0.05) is 18.6 Å². The van der Waals surface area contributed by atoms with Crippen molar-refractivity contribution in [2.24, 2.45) is 5.92 Å². The summed E-state index contributed by atoms with van der Waals surface area (Å²) in [6.45, 7) is 7.79. The van der Waals surface area contributed by atoms with Crippen molar-refractivity contribution in [3.63, 3.8) is 0 Å². The Hall–Kier alpha value is -0.130. The molecule has 2 rings (SSSR count). The van der Waals surface area contributed by atoms with Gasteiger partial charge >= 0.3 is 0 Å². The lowest BCUT2D eigenvalue weighted by Gasteiger charge is -2.38. The Morgan fingerprint density at radius 2 is 1.78 bits per heavy atom. The van der Waals surface area contributed by atoms with Gasteiger partial charge in [-0.2, -0.15) is 0 Å². The van der Waals surface area contributed by atoms with E-state index >= 15 is 0 Å². The SMILES string of the molecule is CC1CNC(C)CCN(C2CCS(=O)(=O)CC2)C1. The molecule has 2 aliphatic rings. The van der Waals surface area contributed by atoms with E-state index in [1.165, 1.54) is 0 Å². The van der Waals surface area contributed by atoms with Gasteiger partial charge in [0.2, 0.25) is 0 Å². The van der Waals surface area contributed by atoms with E-state index < -0.39 is 9.84 Å². The van der Waals surface area contributed by atoms with Crippen molar-refractivity contribution in [3.05, 3.63) is 0 Å². The van der Waals surface area contributed by atoms with E-state index in [0.29, 0.717) is 29.5 Å². The molecule has 0 amide bonds. The first-order valence-corrected chi connectivity index (χ1v) is 8.96. The molecule has 0 radical (unpaired) electrons. The molecule has 2 aliphatic heterocycles. The van der Waals surface area contributed by atoms with Crippen LogP contribution in [0.5, 0.6) is 0 Å². The Bertz CT molecular complexity index is 355. The van der Waals surface area contributed by atoms with Gasteiger partial charge in [0.1, 0.15) is 9.84 Å². The number of sulfone groups is 1. The molecule has 0 aromatic rings. The van der Waals surface area contributed by atoms with Crippen molar-refractivity contribution in [1.29, 1.82) is 0 Å². The van der Waals surface area contributed by atoms with Crippen molar-refractivity contribution in [3.8, 4) is 0 Å². The summed E-state index contributed by atoms with van der Waals surface area (Å²) in [5.41, 5.74) is 0. The molecule has 5 heteroatoms. The molecule has 2 unspecified atom stereocenters. The topological polar surface area (TPSA) is 49.4 Å². The fourth-order valence-corrected chi connectivity index (χ4v) is 4.46. The molecule has 2 saturated heterocycles. The summed E-state index contributed by atoms with van der Waals surface area (Å²) >= 11 is 0. The summed E-state index contributed by atoms with van der Waals surface area (Å²) in [6, 6.07) is 1.06. The van der Waals surface area contributed by atoms with Crippen molar-refractivity contribution < 1.29 is 8.42 Å². The molecule has 18 heavy (non-hydrogen) atoms. The lowest BCUT2D eigenvalue weighted by molar-refractivity contribution is 0.138. The molecular weight excluding hydrogens is 248 g/mol. The molecule has 0 bridgehead atoms. The number of nitrogens with one attached hydrogen (secondary N) is 1. The quantitative estimate of drug-likeness (QED) is 0.771. The van der Waals surface area contributed by atoms with E-state index in [1.54, 1.807) is 0 Å². The molecule has 0 aromatic carbocycles.